The number of rotatable bonds is 5. The fourth-order valence-electron chi connectivity index (χ4n) is 2.98. The lowest BCUT2D eigenvalue weighted by Crippen LogP contribution is -2.29. The quantitative estimate of drug-likeness (QED) is 0.503. The van der Waals surface area contributed by atoms with Gasteiger partial charge in [0.15, 0.2) is 0 Å². The molecule has 0 aliphatic heterocycles. The van der Waals surface area contributed by atoms with E-state index in [1.165, 1.54) is 6.33 Å². The van der Waals surface area contributed by atoms with Crippen molar-refractivity contribution in [3.8, 4) is 5.69 Å². The van der Waals surface area contributed by atoms with Crippen LogP contribution in [0, 0.1) is 0 Å². The number of nitrogens with one attached hydrogen (secondary N) is 1. The lowest BCUT2D eigenvalue weighted by atomic mass is 9.98. The summed E-state index contributed by atoms with van der Waals surface area (Å²) in [7, 11) is 0. The lowest BCUT2D eigenvalue weighted by molar-refractivity contribution is 0.0943. The fourth-order valence-corrected chi connectivity index (χ4v) is 3.25. The van der Waals surface area contributed by atoms with Gasteiger partial charge < -0.3 is 5.32 Å². The highest BCUT2D eigenvalue weighted by Gasteiger charge is 2.18. The molecule has 1 unspecified atom stereocenters. The molecule has 0 aliphatic rings. The van der Waals surface area contributed by atoms with Crippen LogP contribution in [0.25, 0.3) is 5.69 Å². The summed E-state index contributed by atoms with van der Waals surface area (Å²) in [4.78, 5) is 16.8. The van der Waals surface area contributed by atoms with Gasteiger partial charge in [-0.25, -0.2) is 9.67 Å². The van der Waals surface area contributed by atoms with Gasteiger partial charge in [-0.1, -0.05) is 58.4 Å². The molecule has 0 spiro atoms. The summed E-state index contributed by atoms with van der Waals surface area (Å²) in [6.07, 6.45) is 3.09. The van der Waals surface area contributed by atoms with E-state index in [0.29, 0.717) is 5.56 Å². The molecule has 0 bridgehead atoms. The minimum atomic E-state index is -0.239. The van der Waals surface area contributed by atoms with Gasteiger partial charge in [0.05, 0.1) is 11.7 Å². The number of hydrogen-bond acceptors (Lipinski definition) is 3. The van der Waals surface area contributed by atoms with Crippen molar-refractivity contribution in [2.24, 2.45) is 0 Å². The van der Waals surface area contributed by atoms with E-state index in [0.717, 1.165) is 21.3 Å². The molecule has 1 aromatic heterocycles. The molecular formula is C22H17BrN4O. The number of amides is 1. The molecule has 0 fully saturated rings. The molecule has 4 aromatic rings. The second-order valence-corrected chi connectivity index (χ2v) is 7.17. The van der Waals surface area contributed by atoms with Crippen LogP contribution in [0.2, 0.25) is 0 Å². The minimum absolute atomic E-state index is 0.137. The van der Waals surface area contributed by atoms with E-state index in [2.05, 4.69) is 31.3 Å². The molecule has 4 rings (SSSR count). The lowest BCUT2D eigenvalue weighted by Gasteiger charge is -2.20. The average Bonchev–Trinajstić information content (AvgIpc) is 3.28. The van der Waals surface area contributed by atoms with Crippen LogP contribution in [-0.4, -0.2) is 20.7 Å². The summed E-state index contributed by atoms with van der Waals surface area (Å²) in [5.74, 6) is -0.137. The van der Waals surface area contributed by atoms with E-state index >= 15 is 0 Å². The van der Waals surface area contributed by atoms with Gasteiger partial charge >= 0.3 is 0 Å². The first-order valence-corrected chi connectivity index (χ1v) is 9.56. The zero-order valence-corrected chi connectivity index (χ0v) is 16.5. The normalized spacial score (nSPS) is 11.8. The Hall–Kier alpha value is -3.25. The van der Waals surface area contributed by atoms with Gasteiger partial charge in [0.1, 0.15) is 12.7 Å². The Bertz CT molecular complexity index is 1050. The Morgan fingerprint density at radius 2 is 1.57 bits per heavy atom. The maximum Gasteiger partial charge on any atom is 0.252 e. The number of halogens is 1. The van der Waals surface area contributed by atoms with Crippen molar-refractivity contribution in [2.45, 2.75) is 6.04 Å². The first kappa shape index (κ1) is 18.1. The third kappa shape index (κ3) is 4.02. The zero-order chi connectivity index (χ0) is 19.3. The Balaban J connectivity index is 1.59. The molecule has 0 radical (unpaired) electrons. The van der Waals surface area contributed by atoms with E-state index < -0.39 is 0 Å². The molecule has 5 nitrogen and oxygen atoms in total. The maximum atomic E-state index is 12.9. The Morgan fingerprint density at radius 1 is 0.893 bits per heavy atom. The number of aromatic nitrogens is 3. The van der Waals surface area contributed by atoms with E-state index in [4.69, 9.17) is 0 Å². The standard InChI is InChI=1S/C22H17BrN4O/c23-19-10-6-17(7-11-19)21(16-4-2-1-3-5-16)26-22(28)18-8-12-20(13-9-18)27-15-24-14-25-27/h1-15,21H,(H,26,28). The number of nitrogens with zero attached hydrogens (tertiary/aromatic N) is 3. The second kappa shape index (κ2) is 8.19. The first-order valence-electron chi connectivity index (χ1n) is 8.77. The predicted octanol–water partition coefficient (Wildman–Crippen LogP) is 4.55. The minimum Gasteiger partial charge on any atom is -0.341 e. The van der Waals surface area contributed by atoms with Crippen molar-refractivity contribution in [1.82, 2.24) is 20.1 Å². The average molecular weight is 433 g/mol. The van der Waals surface area contributed by atoms with E-state index in [1.807, 2.05) is 66.7 Å². The van der Waals surface area contributed by atoms with E-state index in [9.17, 15) is 4.79 Å². The van der Waals surface area contributed by atoms with Gasteiger partial charge in [0.2, 0.25) is 0 Å². The van der Waals surface area contributed by atoms with Crippen molar-refractivity contribution in [2.75, 3.05) is 0 Å². The number of benzene rings is 3. The van der Waals surface area contributed by atoms with Gasteiger partial charge in [-0.3, -0.25) is 4.79 Å². The van der Waals surface area contributed by atoms with E-state index in [-0.39, 0.29) is 11.9 Å². The number of hydrogen-bond donors (Lipinski definition) is 1. The van der Waals surface area contributed by atoms with Gasteiger partial charge in [0.25, 0.3) is 5.91 Å². The van der Waals surface area contributed by atoms with Crippen molar-refractivity contribution >= 4 is 21.8 Å². The summed E-state index contributed by atoms with van der Waals surface area (Å²) in [6.45, 7) is 0. The van der Waals surface area contributed by atoms with Crippen molar-refractivity contribution in [3.05, 3.63) is 113 Å². The van der Waals surface area contributed by atoms with Crippen molar-refractivity contribution in [1.29, 1.82) is 0 Å². The topological polar surface area (TPSA) is 59.8 Å². The summed E-state index contributed by atoms with van der Waals surface area (Å²) >= 11 is 3.46. The summed E-state index contributed by atoms with van der Waals surface area (Å²) in [6, 6.07) is 24.9. The molecule has 1 amide bonds. The van der Waals surface area contributed by atoms with Crippen LogP contribution in [0.1, 0.15) is 27.5 Å². The summed E-state index contributed by atoms with van der Waals surface area (Å²) < 4.78 is 2.65. The monoisotopic (exact) mass is 432 g/mol. The third-order valence-corrected chi connectivity index (χ3v) is 4.95. The van der Waals surface area contributed by atoms with Crippen molar-refractivity contribution in [3.63, 3.8) is 0 Å². The highest BCUT2D eigenvalue weighted by Crippen LogP contribution is 2.24. The molecule has 1 N–H and O–H groups in total. The molecule has 6 heteroatoms. The summed E-state index contributed by atoms with van der Waals surface area (Å²) in [5.41, 5.74) is 3.47. The Morgan fingerprint density at radius 3 is 2.21 bits per heavy atom. The number of carbonyl (C=O) groups excluding carboxylic acids is 1. The van der Waals surface area contributed by atoms with Gasteiger partial charge in [-0.05, 0) is 47.5 Å². The molecule has 138 valence electrons. The van der Waals surface area contributed by atoms with Gasteiger partial charge in [0, 0.05) is 10.0 Å². The van der Waals surface area contributed by atoms with Crippen molar-refractivity contribution < 1.29 is 4.79 Å². The van der Waals surface area contributed by atoms with Crippen LogP contribution in [0.5, 0.6) is 0 Å². The smallest absolute Gasteiger partial charge is 0.252 e. The molecule has 0 saturated carbocycles. The van der Waals surface area contributed by atoms with Crippen LogP contribution in [-0.2, 0) is 0 Å². The molecule has 3 aromatic carbocycles. The first-order chi connectivity index (χ1) is 13.7. The molecule has 0 saturated heterocycles. The molecule has 1 heterocycles. The molecular weight excluding hydrogens is 416 g/mol. The predicted molar refractivity (Wildman–Crippen MR) is 111 cm³/mol. The van der Waals surface area contributed by atoms with Gasteiger partial charge in [-0.2, -0.15) is 5.10 Å². The fraction of sp³-hybridized carbons (Fsp3) is 0.0455. The van der Waals surface area contributed by atoms with Crippen LogP contribution in [0.4, 0.5) is 0 Å². The SMILES string of the molecule is O=C(NC(c1ccccc1)c1ccc(Br)cc1)c1ccc(-n2cncn2)cc1. The largest absolute Gasteiger partial charge is 0.341 e. The van der Waals surface area contributed by atoms with Gasteiger partial charge in [-0.15, -0.1) is 0 Å². The van der Waals surface area contributed by atoms with E-state index in [1.54, 1.807) is 23.1 Å². The second-order valence-electron chi connectivity index (χ2n) is 6.26. The molecule has 0 aliphatic carbocycles. The summed E-state index contributed by atoms with van der Waals surface area (Å²) in [5, 5.41) is 7.25. The highest BCUT2D eigenvalue weighted by atomic mass is 79.9. The molecule has 1 atom stereocenters. The third-order valence-electron chi connectivity index (χ3n) is 4.42. The highest BCUT2D eigenvalue weighted by molar-refractivity contribution is 9.10. The zero-order valence-electron chi connectivity index (χ0n) is 14.9. The van der Waals surface area contributed by atoms with Crippen LogP contribution < -0.4 is 5.32 Å². The van der Waals surface area contributed by atoms with Crippen LogP contribution in [0.3, 0.4) is 0 Å². The van der Waals surface area contributed by atoms with Crippen LogP contribution in [0.15, 0.2) is 96.0 Å². The van der Waals surface area contributed by atoms with Crippen LogP contribution >= 0.6 is 15.9 Å². The Labute approximate surface area is 171 Å². The maximum absolute atomic E-state index is 12.9. The molecule has 28 heavy (non-hydrogen) atoms. The Kier molecular flexibility index (Phi) is 5.30. The number of carbonyl (C=O) groups is 1.